The van der Waals surface area contributed by atoms with Gasteiger partial charge in [0.2, 0.25) is 11.8 Å². The average Bonchev–Trinajstić information content (AvgIpc) is 3.19. The van der Waals surface area contributed by atoms with Gasteiger partial charge in [0.15, 0.2) is 0 Å². The molecular formula is C13H17F3N2O2. The molecule has 1 saturated carbocycles. The first-order valence-electron chi connectivity index (χ1n) is 7.04. The molecule has 3 rings (SSSR count). The van der Waals surface area contributed by atoms with Gasteiger partial charge in [-0.3, -0.25) is 9.59 Å². The van der Waals surface area contributed by atoms with E-state index in [1.165, 1.54) is 4.90 Å². The van der Waals surface area contributed by atoms with Gasteiger partial charge in [0.25, 0.3) is 0 Å². The normalized spacial score (nSPS) is 30.1. The number of alkyl halides is 3. The highest BCUT2D eigenvalue weighted by atomic mass is 19.4. The van der Waals surface area contributed by atoms with E-state index in [9.17, 15) is 22.8 Å². The van der Waals surface area contributed by atoms with Gasteiger partial charge in [0.1, 0.15) is 11.6 Å². The number of halogens is 3. The van der Waals surface area contributed by atoms with Gasteiger partial charge in [0, 0.05) is 19.5 Å². The summed E-state index contributed by atoms with van der Waals surface area (Å²) in [7, 11) is 0. The molecule has 0 radical (unpaired) electrons. The molecule has 3 aliphatic rings. The van der Waals surface area contributed by atoms with Gasteiger partial charge < -0.3 is 9.80 Å². The first-order chi connectivity index (χ1) is 9.37. The predicted octanol–water partition coefficient (Wildman–Crippen LogP) is 1.69. The van der Waals surface area contributed by atoms with Gasteiger partial charge in [-0.25, -0.2) is 0 Å². The molecule has 0 spiro atoms. The smallest absolute Gasteiger partial charge is 0.331 e. The van der Waals surface area contributed by atoms with Crippen molar-refractivity contribution in [3.8, 4) is 0 Å². The van der Waals surface area contributed by atoms with Crippen LogP contribution in [0.25, 0.3) is 0 Å². The number of carbonyl (C=O) groups excluding carboxylic acids is 2. The zero-order valence-corrected chi connectivity index (χ0v) is 11.1. The number of piperidine rings is 1. The average molecular weight is 290 g/mol. The van der Waals surface area contributed by atoms with Crippen molar-refractivity contribution in [2.75, 3.05) is 13.1 Å². The van der Waals surface area contributed by atoms with E-state index in [1.54, 1.807) is 0 Å². The van der Waals surface area contributed by atoms with Crippen LogP contribution in [0.3, 0.4) is 0 Å². The van der Waals surface area contributed by atoms with Crippen LogP contribution in [0.1, 0.15) is 38.5 Å². The maximum absolute atomic E-state index is 13.2. The third-order valence-corrected chi connectivity index (χ3v) is 4.69. The lowest BCUT2D eigenvalue weighted by molar-refractivity contribution is -0.201. The van der Waals surface area contributed by atoms with Crippen LogP contribution in [0.4, 0.5) is 13.2 Å². The third kappa shape index (κ3) is 1.90. The molecule has 4 nitrogen and oxygen atoms in total. The van der Waals surface area contributed by atoms with Crippen LogP contribution in [0, 0.1) is 0 Å². The zero-order valence-electron chi connectivity index (χ0n) is 11.1. The van der Waals surface area contributed by atoms with Crippen molar-refractivity contribution in [1.29, 1.82) is 0 Å². The topological polar surface area (TPSA) is 40.6 Å². The molecule has 1 atom stereocenters. The molecular weight excluding hydrogens is 273 g/mol. The second-order valence-electron chi connectivity index (χ2n) is 5.87. The minimum atomic E-state index is -4.41. The molecule has 112 valence electrons. The van der Waals surface area contributed by atoms with Crippen molar-refractivity contribution in [2.45, 2.75) is 56.3 Å². The first-order valence-corrected chi connectivity index (χ1v) is 7.04. The maximum atomic E-state index is 13.2. The summed E-state index contributed by atoms with van der Waals surface area (Å²) in [5, 5.41) is 0. The standard InChI is InChI=1S/C13H17F3N2O2/c14-13(15,16)12(5-6-12)18-8-4-10(19)17-7-2-1-3-9(17)11(18)20/h9H,1-8H2. The number of rotatable bonds is 1. The van der Waals surface area contributed by atoms with Gasteiger partial charge in [0.05, 0.1) is 0 Å². The molecule has 2 amide bonds. The van der Waals surface area contributed by atoms with Crippen molar-refractivity contribution < 1.29 is 22.8 Å². The van der Waals surface area contributed by atoms with E-state index in [2.05, 4.69) is 0 Å². The maximum Gasteiger partial charge on any atom is 0.411 e. The largest absolute Gasteiger partial charge is 0.411 e. The summed E-state index contributed by atoms with van der Waals surface area (Å²) in [4.78, 5) is 26.9. The predicted molar refractivity (Wildman–Crippen MR) is 63.7 cm³/mol. The van der Waals surface area contributed by atoms with Crippen LogP contribution < -0.4 is 0 Å². The molecule has 0 bridgehead atoms. The Morgan fingerprint density at radius 1 is 1.10 bits per heavy atom. The molecule has 0 N–H and O–H groups in total. The Balaban J connectivity index is 1.90. The van der Waals surface area contributed by atoms with Crippen LogP contribution in [0.2, 0.25) is 0 Å². The van der Waals surface area contributed by atoms with Crippen LogP contribution >= 0.6 is 0 Å². The fourth-order valence-electron chi connectivity index (χ4n) is 3.38. The first kappa shape index (κ1) is 13.7. The highest BCUT2D eigenvalue weighted by Crippen LogP contribution is 2.54. The fourth-order valence-corrected chi connectivity index (χ4v) is 3.38. The van der Waals surface area contributed by atoms with Crippen molar-refractivity contribution in [2.24, 2.45) is 0 Å². The molecule has 1 unspecified atom stereocenters. The van der Waals surface area contributed by atoms with Gasteiger partial charge in [-0.2, -0.15) is 13.2 Å². The van der Waals surface area contributed by atoms with Gasteiger partial charge in [-0.15, -0.1) is 0 Å². The summed E-state index contributed by atoms with van der Waals surface area (Å²) in [6, 6.07) is -0.682. The summed E-state index contributed by atoms with van der Waals surface area (Å²) >= 11 is 0. The summed E-state index contributed by atoms with van der Waals surface area (Å²) in [5.74, 6) is -0.700. The van der Waals surface area contributed by atoms with Crippen LogP contribution in [-0.2, 0) is 9.59 Å². The molecule has 2 heterocycles. The Morgan fingerprint density at radius 2 is 1.80 bits per heavy atom. The van der Waals surface area contributed by atoms with Crippen molar-refractivity contribution in [3.63, 3.8) is 0 Å². The van der Waals surface area contributed by atoms with Crippen LogP contribution in [0.5, 0.6) is 0 Å². The van der Waals surface area contributed by atoms with E-state index in [1.807, 2.05) is 0 Å². The van der Waals surface area contributed by atoms with Gasteiger partial charge in [-0.1, -0.05) is 0 Å². The van der Waals surface area contributed by atoms with Crippen LogP contribution in [0.15, 0.2) is 0 Å². The third-order valence-electron chi connectivity index (χ3n) is 4.69. The van der Waals surface area contributed by atoms with Gasteiger partial charge >= 0.3 is 6.18 Å². The molecule has 20 heavy (non-hydrogen) atoms. The Morgan fingerprint density at radius 3 is 2.40 bits per heavy atom. The van der Waals surface area contributed by atoms with E-state index in [-0.39, 0.29) is 31.7 Å². The van der Waals surface area contributed by atoms with E-state index < -0.39 is 23.7 Å². The summed E-state index contributed by atoms with van der Waals surface area (Å²) < 4.78 is 39.6. The summed E-state index contributed by atoms with van der Waals surface area (Å²) in [5.41, 5.74) is -2.00. The quantitative estimate of drug-likeness (QED) is 0.737. The Hall–Kier alpha value is -1.27. The highest BCUT2D eigenvalue weighted by Gasteiger charge is 2.68. The fraction of sp³-hybridized carbons (Fsp3) is 0.846. The minimum Gasteiger partial charge on any atom is -0.331 e. The lowest BCUT2D eigenvalue weighted by atomic mass is 10.0. The number of fused-ring (bicyclic) bond motifs is 1. The Labute approximate surface area is 114 Å². The van der Waals surface area contributed by atoms with E-state index in [0.29, 0.717) is 13.0 Å². The molecule has 7 heteroatoms. The number of carbonyl (C=O) groups is 2. The van der Waals surface area contributed by atoms with Crippen molar-refractivity contribution in [1.82, 2.24) is 9.80 Å². The Kier molecular flexibility index (Phi) is 2.99. The second kappa shape index (κ2) is 4.36. The number of hydrogen-bond donors (Lipinski definition) is 0. The number of amides is 2. The summed E-state index contributed by atoms with van der Waals surface area (Å²) in [6.07, 6.45) is -2.40. The molecule has 0 aromatic heterocycles. The minimum absolute atomic E-state index is 0.0000694. The van der Waals surface area contributed by atoms with Crippen molar-refractivity contribution in [3.05, 3.63) is 0 Å². The lowest BCUT2D eigenvalue weighted by Gasteiger charge is -2.37. The second-order valence-corrected chi connectivity index (χ2v) is 5.87. The van der Waals surface area contributed by atoms with Gasteiger partial charge in [-0.05, 0) is 32.1 Å². The number of hydrogen-bond acceptors (Lipinski definition) is 2. The summed E-state index contributed by atoms with van der Waals surface area (Å²) in [6.45, 7) is 0.381. The molecule has 0 aromatic carbocycles. The SMILES string of the molecule is O=C1CCN(C2(C(F)(F)F)CC2)C(=O)C2CCCCN12. The number of nitrogens with zero attached hydrogens (tertiary/aromatic N) is 2. The Bertz CT molecular complexity index is 445. The van der Waals surface area contributed by atoms with E-state index in [4.69, 9.17) is 0 Å². The van der Waals surface area contributed by atoms with E-state index >= 15 is 0 Å². The molecule has 2 aliphatic heterocycles. The monoisotopic (exact) mass is 290 g/mol. The zero-order chi connectivity index (χ0) is 14.5. The van der Waals surface area contributed by atoms with E-state index in [0.717, 1.165) is 17.7 Å². The highest BCUT2D eigenvalue weighted by molar-refractivity contribution is 5.91. The lowest BCUT2D eigenvalue weighted by Crippen LogP contribution is -2.56. The molecule has 1 aliphatic carbocycles. The molecule has 0 aromatic rings. The molecule has 2 saturated heterocycles. The van der Waals surface area contributed by atoms with Crippen molar-refractivity contribution >= 4 is 11.8 Å². The van der Waals surface area contributed by atoms with Crippen LogP contribution in [-0.4, -0.2) is 52.5 Å². The molecule has 3 fully saturated rings.